The highest BCUT2D eigenvalue weighted by atomic mass is 16.7. The summed E-state index contributed by atoms with van der Waals surface area (Å²) in [6.07, 6.45) is 3.67. The van der Waals surface area contributed by atoms with Crippen LogP contribution < -0.4 is 16.1 Å². The molecule has 0 bridgehead atoms. The van der Waals surface area contributed by atoms with Crippen LogP contribution in [0.4, 0.5) is 0 Å². The zero-order chi connectivity index (χ0) is 33.1. The van der Waals surface area contributed by atoms with Crippen molar-refractivity contribution in [3.05, 3.63) is 82.5 Å². The molecule has 0 amide bonds. The number of benzene rings is 1. The van der Waals surface area contributed by atoms with Gasteiger partial charge in [-0.1, -0.05) is 57.5 Å². The van der Waals surface area contributed by atoms with E-state index in [1.165, 1.54) is 0 Å². The van der Waals surface area contributed by atoms with Gasteiger partial charge in [0.25, 0.3) is 0 Å². The number of carbonyl (C=O) groups is 1. The van der Waals surface area contributed by atoms with Crippen LogP contribution in [0, 0.1) is 22.7 Å². The van der Waals surface area contributed by atoms with Crippen LogP contribution in [-0.2, 0) is 19.0 Å². The van der Waals surface area contributed by atoms with Gasteiger partial charge in [-0.05, 0) is 56.1 Å². The molecule has 47 heavy (non-hydrogen) atoms. The number of aliphatic hydroxyl groups is 1. The predicted molar refractivity (Wildman–Crippen MR) is 172 cm³/mol. The first-order valence-electron chi connectivity index (χ1n) is 16.7. The van der Waals surface area contributed by atoms with E-state index in [1.807, 2.05) is 44.2 Å². The maximum atomic E-state index is 13.6. The van der Waals surface area contributed by atoms with Crippen molar-refractivity contribution in [2.75, 3.05) is 6.61 Å². The van der Waals surface area contributed by atoms with Crippen LogP contribution in [0.15, 0.2) is 70.1 Å². The maximum absolute atomic E-state index is 13.6. The molecule has 0 radical (unpaired) electrons. The van der Waals surface area contributed by atoms with Gasteiger partial charge in [0, 0.05) is 40.9 Å². The highest BCUT2D eigenvalue weighted by molar-refractivity contribution is 5.75. The molecule has 0 spiro atoms. The number of aromatic nitrogens is 1. The second-order valence-electron chi connectivity index (χ2n) is 14.5. The monoisotopic (exact) mass is 644 g/mol. The first-order chi connectivity index (χ1) is 22.5. The molecular formula is C37H44N2O8. The molecule has 10 nitrogen and oxygen atoms in total. The van der Waals surface area contributed by atoms with E-state index in [9.17, 15) is 14.7 Å². The van der Waals surface area contributed by atoms with Crippen molar-refractivity contribution >= 4 is 5.97 Å². The molecule has 1 saturated heterocycles. The van der Waals surface area contributed by atoms with Crippen molar-refractivity contribution in [3.8, 4) is 17.1 Å². The van der Waals surface area contributed by atoms with Crippen molar-refractivity contribution in [1.29, 1.82) is 0 Å². The zero-order valence-corrected chi connectivity index (χ0v) is 27.4. The summed E-state index contributed by atoms with van der Waals surface area (Å²) < 4.78 is 32.0. The van der Waals surface area contributed by atoms with E-state index in [4.69, 9.17) is 29.1 Å². The summed E-state index contributed by atoms with van der Waals surface area (Å²) in [6, 6.07) is 14.3. The van der Waals surface area contributed by atoms with Crippen LogP contribution >= 0.6 is 0 Å². The van der Waals surface area contributed by atoms with E-state index >= 15 is 0 Å². The Bertz CT molecular complexity index is 1680. The Morgan fingerprint density at radius 2 is 1.94 bits per heavy atom. The van der Waals surface area contributed by atoms with Gasteiger partial charge in [0.1, 0.15) is 34.8 Å². The van der Waals surface area contributed by atoms with Crippen LogP contribution in [0.3, 0.4) is 0 Å². The number of rotatable bonds is 6. The van der Waals surface area contributed by atoms with Gasteiger partial charge in [-0.15, -0.1) is 0 Å². The third-order valence-corrected chi connectivity index (χ3v) is 11.6. The molecule has 2 aliphatic carbocycles. The molecular weight excluding hydrogens is 600 g/mol. The lowest BCUT2D eigenvalue weighted by molar-refractivity contribution is -0.331. The lowest BCUT2D eigenvalue weighted by Crippen LogP contribution is -2.72. The molecule has 10 heteroatoms. The molecule has 4 heterocycles. The number of nitrogens with zero attached hydrogens (tertiary/aromatic N) is 1. The van der Waals surface area contributed by atoms with E-state index in [1.54, 1.807) is 30.6 Å². The van der Waals surface area contributed by atoms with E-state index < -0.39 is 58.5 Å². The molecule has 4 unspecified atom stereocenters. The molecule has 3 N–H and O–H groups in total. The first-order valence-corrected chi connectivity index (χ1v) is 16.7. The minimum Gasteiger partial charge on any atom is -0.482 e. The molecule has 4 aliphatic rings. The lowest BCUT2D eigenvalue weighted by atomic mass is 9.42. The first kappa shape index (κ1) is 32.0. The third kappa shape index (κ3) is 5.12. The van der Waals surface area contributed by atoms with Gasteiger partial charge >= 0.3 is 11.6 Å². The number of ether oxygens (including phenoxy) is 4. The number of nitrogens with two attached hydrogens (primary N) is 1. The summed E-state index contributed by atoms with van der Waals surface area (Å²) >= 11 is 0. The van der Waals surface area contributed by atoms with E-state index in [-0.39, 0.29) is 29.1 Å². The fourth-order valence-corrected chi connectivity index (χ4v) is 9.30. The number of hydrogen-bond donors (Lipinski definition) is 2. The molecule has 7 rings (SSSR count). The van der Waals surface area contributed by atoms with Crippen LogP contribution in [0.5, 0.6) is 5.75 Å². The smallest absolute Gasteiger partial charge is 0.345 e. The van der Waals surface area contributed by atoms with Crippen molar-refractivity contribution in [2.24, 2.45) is 28.4 Å². The Hall–Kier alpha value is -3.57. The summed E-state index contributed by atoms with van der Waals surface area (Å²) in [5.74, 6) is -0.775. The standard InChI is InChI=1S/C37H44N2O8/c1-5-10-23(38)32(41)45-28-18-26-35(2,15-14-27-36(26,3)20-43-34(46-27)21-11-7-6-8-12-21)31-30(40)29-25(47-37(28,31)4)17-24(44-33(29)42)22-13-9-16-39-19-22/h6-9,11-13,16-17,19,23,26-28,30-31,34,40H,5,10,14-15,18,20,38H2,1-4H3/t23?,26?,27-,28-,30-,31?,34?,35-,36-,37+/m0/s1. The van der Waals surface area contributed by atoms with Gasteiger partial charge < -0.3 is 34.2 Å². The molecule has 2 aromatic heterocycles. The lowest BCUT2D eigenvalue weighted by Gasteiger charge is -2.67. The summed E-state index contributed by atoms with van der Waals surface area (Å²) in [7, 11) is 0. The highest BCUT2D eigenvalue weighted by Gasteiger charge is 2.71. The Labute approximate surface area is 274 Å². The second kappa shape index (κ2) is 11.8. The van der Waals surface area contributed by atoms with Gasteiger partial charge in [-0.3, -0.25) is 9.78 Å². The molecule has 1 aromatic carbocycles. The molecule has 3 fully saturated rings. The van der Waals surface area contributed by atoms with Gasteiger partial charge in [-0.25, -0.2) is 4.79 Å². The Kier molecular flexibility index (Phi) is 8.06. The van der Waals surface area contributed by atoms with Gasteiger partial charge in [0.2, 0.25) is 0 Å². The Morgan fingerprint density at radius 3 is 2.66 bits per heavy atom. The van der Waals surface area contributed by atoms with Crippen molar-refractivity contribution in [1.82, 2.24) is 4.98 Å². The number of carbonyl (C=O) groups excluding carboxylic acids is 1. The molecule has 2 aliphatic heterocycles. The summed E-state index contributed by atoms with van der Waals surface area (Å²) in [5, 5.41) is 12.3. The Balaban J connectivity index is 1.30. The summed E-state index contributed by atoms with van der Waals surface area (Å²) in [4.78, 5) is 31.2. The maximum Gasteiger partial charge on any atom is 0.345 e. The molecule has 250 valence electrons. The predicted octanol–water partition coefficient (Wildman–Crippen LogP) is 5.48. The summed E-state index contributed by atoms with van der Waals surface area (Å²) in [6.45, 7) is 8.61. The number of esters is 1. The van der Waals surface area contributed by atoms with E-state index in [2.05, 4.69) is 18.8 Å². The number of pyridine rings is 1. The minimum absolute atomic E-state index is 0.0716. The van der Waals surface area contributed by atoms with E-state index in [0.717, 1.165) is 18.4 Å². The van der Waals surface area contributed by atoms with Crippen LogP contribution in [-0.4, -0.2) is 46.5 Å². The average molecular weight is 645 g/mol. The SMILES string of the molecule is CCCC(N)C(=O)O[C@H]1CC2[C@](C)(CC[C@@H]3OC(c4ccccc4)OC[C@@]23C)C2[C@@H](O)c3c(cc(-c4cccnc4)oc3=O)O[C@@]21C. The van der Waals surface area contributed by atoms with Crippen molar-refractivity contribution < 1.29 is 33.3 Å². The highest BCUT2D eigenvalue weighted by Crippen LogP contribution is 2.68. The third-order valence-electron chi connectivity index (χ3n) is 11.6. The van der Waals surface area contributed by atoms with Crippen molar-refractivity contribution in [2.45, 2.75) is 96.0 Å². The molecule has 10 atom stereocenters. The van der Waals surface area contributed by atoms with Crippen LogP contribution in [0.1, 0.15) is 83.3 Å². The summed E-state index contributed by atoms with van der Waals surface area (Å²) in [5.41, 5.74) is 5.00. The number of hydrogen-bond acceptors (Lipinski definition) is 10. The average Bonchev–Trinajstić information content (AvgIpc) is 3.05. The van der Waals surface area contributed by atoms with Crippen LogP contribution in [0.2, 0.25) is 0 Å². The number of fused-ring (bicyclic) bond motifs is 6. The van der Waals surface area contributed by atoms with Crippen LogP contribution in [0.25, 0.3) is 11.3 Å². The molecule has 2 saturated carbocycles. The van der Waals surface area contributed by atoms with Gasteiger partial charge in [-0.2, -0.15) is 0 Å². The van der Waals surface area contributed by atoms with Gasteiger partial charge in [0.15, 0.2) is 6.29 Å². The quantitative estimate of drug-likeness (QED) is 0.331. The number of aliphatic hydroxyl groups excluding tert-OH is 1. The second-order valence-corrected chi connectivity index (χ2v) is 14.5. The molecule has 3 aromatic rings. The topological polar surface area (TPSA) is 143 Å². The zero-order valence-electron chi connectivity index (χ0n) is 27.4. The Morgan fingerprint density at radius 1 is 1.15 bits per heavy atom. The van der Waals surface area contributed by atoms with Gasteiger partial charge in [0.05, 0.1) is 18.8 Å². The largest absolute Gasteiger partial charge is 0.482 e. The normalized spacial score (nSPS) is 36.5. The fraction of sp³-hybridized carbons (Fsp3) is 0.541. The minimum atomic E-state index is -1.25. The van der Waals surface area contributed by atoms with E-state index in [0.29, 0.717) is 31.4 Å². The van der Waals surface area contributed by atoms with Crippen molar-refractivity contribution in [3.63, 3.8) is 0 Å². The fourth-order valence-electron chi connectivity index (χ4n) is 9.30.